The highest BCUT2D eigenvalue weighted by molar-refractivity contribution is 4.85. The average molecular weight is 281 g/mol. The van der Waals surface area contributed by atoms with Gasteiger partial charge in [-0.15, -0.1) is 0 Å². The highest BCUT2D eigenvalue weighted by Gasteiger charge is 2.28. The van der Waals surface area contributed by atoms with Crippen molar-refractivity contribution in [3.8, 4) is 0 Å². The zero-order valence-electron chi connectivity index (χ0n) is 13.9. The second-order valence-electron chi connectivity index (χ2n) is 7.02. The molecule has 1 atom stereocenters. The molecule has 0 radical (unpaired) electrons. The second-order valence-corrected chi connectivity index (χ2v) is 7.02. The summed E-state index contributed by atoms with van der Waals surface area (Å²) in [5, 5.41) is 3.64. The predicted octanol–water partition coefficient (Wildman–Crippen LogP) is 2.71. The van der Waals surface area contributed by atoms with Crippen molar-refractivity contribution in [3.05, 3.63) is 0 Å². The van der Waals surface area contributed by atoms with Crippen molar-refractivity contribution in [1.82, 2.24) is 15.1 Å². The minimum absolute atomic E-state index is 0.606. The van der Waals surface area contributed by atoms with Crippen molar-refractivity contribution >= 4 is 0 Å². The van der Waals surface area contributed by atoms with Gasteiger partial charge in [-0.2, -0.15) is 0 Å². The molecule has 1 aliphatic carbocycles. The van der Waals surface area contributed by atoms with E-state index in [4.69, 9.17) is 0 Å². The summed E-state index contributed by atoms with van der Waals surface area (Å²) in [5.74, 6) is 0. The molecule has 1 unspecified atom stereocenters. The van der Waals surface area contributed by atoms with Crippen molar-refractivity contribution in [1.29, 1.82) is 0 Å². The van der Waals surface area contributed by atoms with Gasteiger partial charge in [-0.25, -0.2) is 0 Å². The summed E-state index contributed by atoms with van der Waals surface area (Å²) in [4.78, 5) is 5.51. The molecule has 0 aromatic rings. The molecule has 3 heteroatoms. The van der Waals surface area contributed by atoms with E-state index in [0.717, 1.165) is 18.6 Å². The Kier molecular flexibility index (Phi) is 6.79. The first kappa shape index (κ1) is 16.3. The standard InChI is InChI=1S/C17H35N3/c1-4-7-17(14-18-15(2)3)20-12-10-19(11-13-20)16-8-5-6-9-16/h15-18H,4-14H2,1-3H3. The maximum Gasteiger partial charge on any atom is 0.0221 e. The van der Waals surface area contributed by atoms with Crippen LogP contribution in [0.5, 0.6) is 0 Å². The van der Waals surface area contributed by atoms with E-state index in [2.05, 4.69) is 35.9 Å². The molecule has 2 rings (SSSR count). The first-order valence-electron chi connectivity index (χ1n) is 8.92. The van der Waals surface area contributed by atoms with Gasteiger partial charge in [-0.3, -0.25) is 9.80 Å². The molecule has 118 valence electrons. The van der Waals surface area contributed by atoms with E-state index in [1.807, 2.05) is 0 Å². The molecule has 3 nitrogen and oxygen atoms in total. The minimum Gasteiger partial charge on any atom is -0.313 e. The fourth-order valence-electron chi connectivity index (χ4n) is 3.86. The van der Waals surface area contributed by atoms with Gasteiger partial charge >= 0.3 is 0 Å². The molecule has 1 saturated heterocycles. The first-order valence-corrected chi connectivity index (χ1v) is 8.92. The van der Waals surface area contributed by atoms with E-state index in [1.165, 1.54) is 64.7 Å². The van der Waals surface area contributed by atoms with Crippen molar-refractivity contribution < 1.29 is 0 Å². The SMILES string of the molecule is CCCC(CNC(C)C)N1CCN(C2CCCC2)CC1. The van der Waals surface area contributed by atoms with Gasteiger partial charge in [0.2, 0.25) is 0 Å². The molecule has 1 heterocycles. The van der Waals surface area contributed by atoms with Gasteiger partial charge < -0.3 is 5.32 Å². The smallest absolute Gasteiger partial charge is 0.0221 e. The van der Waals surface area contributed by atoms with Crippen molar-refractivity contribution in [2.45, 2.75) is 77.4 Å². The van der Waals surface area contributed by atoms with E-state index in [9.17, 15) is 0 Å². The normalized spacial score (nSPS) is 24.6. The Labute approximate surface area is 126 Å². The molecule has 0 bridgehead atoms. The van der Waals surface area contributed by atoms with Crippen molar-refractivity contribution in [2.75, 3.05) is 32.7 Å². The summed E-state index contributed by atoms with van der Waals surface area (Å²) in [7, 11) is 0. The average Bonchev–Trinajstić information content (AvgIpc) is 2.97. The van der Waals surface area contributed by atoms with E-state index in [-0.39, 0.29) is 0 Å². The van der Waals surface area contributed by atoms with Crippen LogP contribution in [0.2, 0.25) is 0 Å². The Bertz CT molecular complexity index is 253. The van der Waals surface area contributed by atoms with Crippen LogP contribution in [-0.4, -0.2) is 60.6 Å². The van der Waals surface area contributed by atoms with Crippen molar-refractivity contribution in [2.24, 2.45) is 0 Å². The number of hydrogen-bond acceptors (Lipinski definition) is 3. The Morgan fingerprint density at radius 1 is 1.05 bits per heavy atom. The van der Waals surface area contributed by atoms with Gasteiger partial charge in [0.15, 0.2) is 0 Å². The molecule has 0 aromatic carbocycles. The minimum atomic E-state index is 0.606. The van der Waals surface area contributed by atoms with Crippen molar-refractivity contribution in [3.63, 3.8) is 0 Å². The Morgan fingerprint density at radius 2 is 1.70 bits per heavy atom. The lowest BCUT2D eigenvalue weighted by Crippen LogP contribution is -2.55. The van der Waals surface area contributed by atoms with E-state index < -0.39 is 0 Å². The largest absolute Gasteiger partial charge is 0.313 e. The van der Waals surface area contributed by atoms with Crippen LogP contribution in [0.25, 0.3) is 0 Å². The maximum absolute atomic E-state index is 3.64. The highest BCUT2D eigenvalue weighted by atomic mass is 15.3. The van der Waals surface area contributed by atoms with Gasteiger partial charge in [0.1, 0.15) is 0 Å². The zero-order chi connectivity index (χ0) is 14.4. The quantitative estimate of drug-likeness (QED) is 0.774. The fourth-order valence-corrected chi connectivity index (χ4v) is 3.86. The third-order valence-electron chi connectivity index (χ3n) is 5.09. The molecule has 2 fully saturated rings. The third kappa shape index (κ3) is 4.71. The zero-order valence-corrected chi connectivity index (χ0v) is 13.9. The van der Waals surface area contributed by atoms with Crippen LogP contribution >= 0.6 is 0 Å². The molecule has 2 aliphatic rings. The molecule has 20 heavy (non-hydrogen) atoms. The molecule has 0 amide bonds. The summed E-state index contributed by atoms with van der Waals surface area (Å²) in [6, 6.07) is 2.26. The van der Waals surface area contributed by atoms with Gasteiger partial charge in [-0.05, 0) is 19.3 Å². The molecule has 1 N–H and O–H groups in total. The molecular weight excluding hydrogens is 246 g/mol. The second kappa shape index (κ2) is 8.35. The lowest BCUT2D eigenvalue weighted by Gasteiger charge is -2.42. The van der Waals surface area contributed by atoms with Gasteiger partial charge in [0.25, 0.3) is 0 Å². The number of nitrogens with zero attached hydrogens (tertiary/aromatic N) is 2. The number of hydrogen-bond donors (Lipinski definition) is 1. The Morgan fingerprint density at radius 3 is 2.25 bits per heavy atom. The Balaban J connectivity index is 1.76. The first-order chi connectivity index (χ1) is 9.70. The summed E-state index contributed by atoms with van der Waals surface area (Å²) in [6.07, 6.45) is 8.46. The lowest BCUT2D eigenvalue weighted by molar-refractivity contribution is 0.0663. The lowest BCUT2D eigenvalue weighted by atomic mass is 10.1. The highest BCUT2D eigenvalue weighted by Crippen LogP contribution is 2.24. The maximum atomic E-state index is 3.64. The topological polar surface area (TPSA) is 18.5 Å². The van der Waals surface area contributed by atoms with Gasteiger partial charge in [-0.1, -0.05) is 40.0 Å². The summed E-state index contributed by atoms with van der Waals surface area (Å²) in [6.45, 7) is 13.1. The molecular formula is C17H35N3. The van der Waals surface area contributed by atoms with E-state index in [1.54, 1.807) is 0 Å². The van der Waals surface area contributed by atoms with Crippen LogP contribution in [0.4, 0.5) is 0 Å². The van der Waals surface area contributed by atoms with Crippen LogP contribution in [0.3, 0.4) is 0 Å². The molecule has 1 saturated carbocycles. The molecule has 0 aromatic heterocycles. The van der Waals surface area contributed by atoms with Crippen LogP contribution in [-0.2, 0) is 0 Å². The summed E-state index contributed by atoms with van der Waals surface area (Å²) >= 11 is 0. The molecule has 0 spiro atoms. The van der Waals surface area contributed by atoms with Crippen LogP contribution < -0.4 is 5.32 Å². The van der Waals surface area contributed by atoms with Crippen LogP contribution in [0.15, 0.2) is 0 Å². The number of piperazine rings is 1. The number of rotatable bonds is 7. The van der Waals surface area contributed by atoms with E-state index >= 15 is 0 Å². The summed E-state index contributed by atoms with van der Waals surface area (Å²) in [5.41, 5.74) is 0. The predicted molar refractivity (Wildman–Crippen MR) is 87.2 cm³/mol. The van der Waals surface area contributed by atoms with Gasteiger partial charge in [0, 0.05) is 50.8 Å². The van der Waals surface area contributed by atoms with Crippen LogP contribution in [0, 0.1) is 0 Å². The van der Waals surface area contributed by atoms with Gasteiger partial charge in [0.05, 0.1) is 0 Å². The third-order valence-corrected chi connectivity index (χ3v) is 5.09. The number of nitrogens with one attached hydrogen (secondary N) is 1. The monoisotopic (exact) mass is 281 g/mol. The molecule has 1 aliphatic heterocycles. The van der Waals surface area contributed by atoms with Crippen LogP contribution in [0.1, 0.15) is 59.3 Å². The summed E-state index contributed by atoms with van der Waals surface area (Å²) < 4.78 is 0. The van der Waals surface area contributed by atoms with E-state index in [0.29, 0.717) is 6.04 Å². The Hall–Kier alpha value is -0.120. The fraction of sp³-hybridized carbons (Fsp3) is 1.00.